The maximum absolute atomic E-state index is 13.9. The summed E-state index contributed by atoms with van der Waals surface area (Å²) in [7, 11) is 1.43. The zero-order valence-corrected chi connectivity index (χ0v) is 10.8. The fourth-order valence-electron chi connectivity index (χ4n) is 1.80. The summed E-state index contributed by atoms with van der Waals surface area (Å²) in [4.78, 5) is 0. The van der Waals surface area contributed by atoms with E-state index in [9.17, 15) is 8.78 Å². The van der Waals surface area contributed by atoms with Gasteiger partial charge in [0.1, 0.15) is 23.5 Å². The van der Waals surface area contributed by atoms with Crippen LogP contribution in [0.25, 0.3) is 0 Å². The Morgan fingerprint density at radius 1 is 1.25 bits per heavy atom. The van der Waals surface area contributed by atoms with Crippen LogP contribution in [-0.2, 0) is 6.54 Å². The molecule has 0 radical (unpaired) electrons. The lowest BCUT2D eigenvalue weighted by atomic mass is 10.1. The molecule has 2 rings (SSSR count). The van der Waals surface area contributed by atoms with Gasteiger partial charge in [-0.3, -0.25) is 0 Å². The molecule has 0 aliphatic carbocycles. The fourth-order valence-corrected chi connectivity index (χ4v) is 1.80. The number of nitriles is 1. The molecule has 0 aliphatic rings. The standard InChI is InChI=1S/C15H12F2N2O/c1-20-14-7-12(16)5-6-13(14)19-9-11-4-2-3-10(8-18)15(11)17/h2-7,19H,9H2,1H3. The highest BCUT2D eigenvalue weighted by Gasteiger charge is 2.09. The van der Waals surface area contributed by atoms with Gasteiger partial charge in [0.15, 0.2) is 0 Å². The molecule has 0 spiro atoms. The van der Waals surface area contributed by atoms with Crippen molar-refractivity contribution in [3.05, 3.63) is 59.2 Å². The minimum absolute atomic E-state index is 0.00429. The zero-order valence-electron chi connectivity index (χ0n) is 10.8. The molecule has 0 fully saturated rings. The largest absolute Gasteiger partial charge is 0.494 e. The van der Waals surface area contributed by atoms with Crippen molar-refractivity contribution in [2.24, 2.45) is 0 Å². The van der Waals surface area contributed by atoms with Gasteiger partial charge in [-0.15, -0.1) is 0 Å². The van der Waals surface area contributed by atoms with Gasteiger partial charge in [0.25, 0.3) is 0 Å². The lowest BCUT2D eigenvalue weighted by Crippen LogP contribution is -2.04. The first kappa shape index (κ1) is 13.8. The van der Waals surface area contributed by atoms with Crippen LogP contribution in [0.1, 0.15) is 11.1 Å². The van der Waals surface area contributed by atoms with Gasteiger partial charge in [-0.05, 0) is 18.2 Å². The molecule has 2 aromatic carbocycles. The first-order valence-corrected chi connectivity index (χ1v) is 5.90. The number of nitrogens with zero attached hydrogens (tertiary/aromatic N) is 1. The summed E-state index contributed by atoms with van der Waals surface area (Å²) < 4.78 is 32.0. The molecule has 0 amide bonds. The summed E-state index contributed by atoms with van der Waals surface area (Å²) in [6.45, 7) is 0.170. The van der Waals surface area contributed by atoms with Crippen molar-refractivity contribution in [2.45, 2.75) is 6.54 Å². The van der Waals surface area contributed by atoms with Crippen LogP contribution >= 0.6 is 0 Å². The molecule has 0 atom stereocenters. The van der Waals surface area contributed by atoms with Crippen molar-refractivity contribution < 1.29 is 13.5 Å². The normalized spacial score (nSPS) is 9.90. The van der Waals surface area contributed by atoms with Crippen molar-refractivity contribution in [3.63, 3.8) is 0 Å². The number of halogens is 2. The van der Waals surface area contributed by atoms with Gasteiger partial charge in [0.2, 0.25) is 0 Å². The Hall–Kier alpha value is -2.61. The van der Waals surface area contributed by atoms with E-state index in [2.05, 4.69) is 5.32 Å². The molecule has 0 saturated carbocycles. The SMILES string of the molecule is COc1cc(F)ccc1NCc1cccc(C#N)c1F. The molecule has 0 aliphatic heterocycles. The number of hydrogen-bond acceptors (Lipinski definition) is 3. The highest BCUT2D eigenvalue weighted by Crippen LogP contribution is 2.25. The van der Waals surface area contributed by atoms with Crippen molar-refractivity contribution in [1.82, 2.24) is 0 Å². The highest BCUT2D eigenvalue weighted by atomic mass is 19.1. The van der Waals surface area contributed by atoms with E-state index in [1.807, 2.05) is 0 Å². The zero-order chi connectivity index (χ0) is 14.5. The Kier molecular flexibility index (Phi) is 4.16. The van der Waals surface area contributed by atoms with Crippen molar-refractivity contribution in [3.8, 4) is 11.8 Å². The van der Waals surface area contributed by atoms with Gasteiger partial charge in [-0.1, -0.05) is 12.1 Å². The molecule has 0 heterocycles. The number of rotatable bonds is 4. The first-order chi connectivity index (χ1) is 9.65. The van der Waals surface area contributed by atoms with Crippen LogP contribution in [0.4, 0.5) is 14.5 Å². The second kappa shape index (κ2) is 6.02. The average Bonchev–Trinajstić information content (AvgIpc) is 2.47. The molecule has 3 nitrogen and oxygen atoms in total. The monoisotopic (exact) mass is 274 g/mol. The smallest absolute Gasteiger partial charge is 0.145 e. The van der Waals surface area contributed by atoms with Gasteiger partial charge in [-0.2, -0.15) is 5.26 Å². The van der Waals surface area contributed by atoms with Crippen LogP contribution < -0.4 is 10.1 Å². The van der Waals surface area contributed by atoms with E-state index in [1.54, 1.807) is 18.2 Å². The fraction of sp³-hybridized carbons (Fsp3) is 0.133. The summed E-state index contributed by atoms with van der Waals surface area (Å²) in [5, 5.41) is 11.7. The third kappa shape index (κ3) is 2.86. The number of anilines is 1. The van der Waals surface area contributed by atoms with Crippen LogP contribution in [0.15, 0.2) is 36.4 Å². The molecule has 102 valence electrons. The number of hydrogen-bond donors (Lipinski definition) is 1. The molecule has 2 aromatic rings. The van der Waals surface area contributed by atoms with Gasteiger partial charge in [-0.25, -0.2) is 8.78 Å². The van der Waals surface area contributed by atoms with Crippen LogP contribution in [0.2, 0.25) is 0 Å². The van der Waals surface area contributed by atoms with Crippen LogP contribution in [-0.4, -0.2) is 7.11 Å². The maximum atomic E-state index is 13.9. The topological polar surface area (TPSA) is 45.0 Å². The molecule has 0 saturated heterocycles. The second-order valence-electron chi connectivity index (χ2n) is 4.09. The second-order valence-corrected chi connectivity index (χ2v) is 4.09. The summed E-state index contributed by atoms with van der Waals surface area (Å²) in [6.07, 6.45) is 0. The lowest BCUT2D eigenvalue weighted by molar-refractivity contribution is 0.413. The Morgan fingerprint density at radius 2 is 2.05 bits per heavy atom. The van der Waals surface area contributed by atoms with E-state index in [-0.39, 0.29) is 12.1 Å². The molecular weight excluding hydrogens is 262 g/mol. The van der Waals surface area contributed by atoms with Crippen molar-refractivity contribution in [2.75, 3.05) is 12.4 Å². The Balaban J connectivity index is 2.19. The number of ether oxygens (including phenoxy) is 1. The molecular formula is C15H12F2N2O. The number of benzene rings is 2. The number of nitrogens with one attached hydrogen (secondary N) is 1. The Labute approximate surface area is 115 Å². The molecule has 0 bridgehead atoms. The van der Waals surface area contributed by atoms with Crippen LogP contribution in [0, 0.1) is 23.0 Å². The predicted molar refractivity (Wildman–Crippen MR) is 71.4 cm³/mol. The molecule has 5 heteroatoms. The first-order valence-electron chi connectivity index (χ1n) is 5.90. The van der Waals surface area contributed by atoms with E-state index < -0.39 is 11.6 Å². The Bertz CT molecular complexity index is 665. The molecule has 0 aromatic heterocycles. The van der Waals surface area contributed by atoms with Crippen molar-refractivity contribution >= 4 is 5.69 Å². The van der Waals surface area contributed by atoms with E-state index in [1.165, 1.54) is 31.4 Å². The highest BCUT2D eigenvalue weighted by molar-refractivity contribution is 5.56. The van der Waals surface area contributed by atoms with E-state index in [0.717, 1.165) is 0 Å². The van der Waals surface area contributed by atoms with Gasteiger partial charge >= 0.3 is 0 Å². The van der Waals surface area contributed by atoms with Crippen molar-refractivity contribution in [1.29, 1.82) is 5.26 Å². The molecule has 20 heavy (non-hydrogen) atoms. The van der Waals surface area contributed by atoms with Crippen LogP contribution in [0.5, 0.6) is 5.75 Å². The minimum Gasteiger partial charge on any atom is -0.494 e. The summed E-state index contributed by atoms with van der Waals surface area (Å²) in [5.74, 6) is -0.629. The predicted octanol–water partition coefficient (Wildman–Crippen LogP) is 3.46. The third-order valence-electron chi connectivity index (χ3n) is 2.83. The molecule has 1 N–H and O–H groups in total. The maximum Gasteiger partial charge on any atom is 0.145 e. The number of methoxy groups -OCH3 is 1. The van der Waals surface area contributed by atoms with E-state index in [4.69, 9.17) is 10.00 Å². The van der Waals surface area contributed by atoms with Gasteiger partial charge in [0.05, 0.1) is 18.4 Å². The van der Waals surface area contributed by atoms with E-state index in [0.29, 0.717) is 17.0 Å². The van der Waals surface area contributed by atoms with Crippen LogP contribution in [0.3, 0.4) is 0 Å². The quantitative estimate of drug-likeness (QED) is 0.928. The van der Waals surface area contributed by atoms with Gasteiger partial charge < -0.3 is 10.1 Å². The average molecular weight is 274 g/mol. The molecule has 0 unspecified atom stereocenters. The summed E-state index contributed by atoms with van der Waals surface area (Å²) in [6, 6.07) is 10.4. The Morgan fingerprint density at radius 3 is 2.75 bits per heavy atom. The summed E-state index contributed by atoms with van der Waals surface area (Å²) >= 11 is 0. The van der Waals surface area contributed by atoms with E-state index >= 15 is 0 Å². The summed E-state index contributed by atoms with van der Waals surface area (Å²) in [5.41, 5.74) is 0.904. The minimum atomic E-state index is -0.552. The lowest BCUT2D eigenvalue weighted by Gasteiger charge is -2.12. The van der Waals surface area contributed by atoms with Gasteiger partial charge in [0, 0.05) is 18.2 Å². The third-order valence-corrected chi connectivity index (χ3v) is 2.83.